The third kappa shape index (κ3) is 7.19. The maximum absolute atomic E-state index is 8.59. The molecule has 1 aliphatic rings. The number of fused-ring (bicyclic) bond motifs is 1. The van der Waals surface area contributed by atoms with Gasteiger partial charge in [-0.25, -0.2) is 0 Å². The third-order valence-corrected chi connectivity index (χ3v) is 8.30. The molecule has 6 nitrogen and oxygen atoms in total. The zero-order valence-corrected chi connectivity index (χ0v) is 23.5. The lowest BCUT2D eigenvalue weighted by atomic mass is 9.81. The Kier molecular flexibility index (Phi) is 10.1. The SMILES string of the molecule is CCN=CC(C(=N)N(C)C(=N)SCC(C)C1CCCc2ccc(-c3cc(C)on3)cc2CC1)=C(C)C. The van der Waals surface area contributed by atoms with Crippen molar-refractivity contribution in [2.75, 3.05) is 19.3 Å². The van der Waals surface area contributed by atoms with Crippen molar-refractivity contribution in [2.24, 2.45) is 16.8 Å². The second-order valence-corrected chi connectivity index (χ2v) is 11.0. The molecule has 0 fully saturated rings. The first kappa shape index (κ1) is 27.9. The maximum atomic E-state index is 8.59. The Balaban J connectivity index is 1.59. The molecule has 1 aromatic heterocycles. The van der Waals surface area contributed by atoms with E-state index in [-0.39, 0.29) is 0 Å². The molecular weight excluding hydrogens is 466 g/mol. The third-order valence-electron chi connectivity index (χ3n) is 7.06. The standard InChI is InChI=1S/C29H41N5OS/c1-7-32-17-26(19(2)3)28(30)34(6)29(31)36-18-20(4)22-9-8-10-23-12-14-25(16-24(23)13-11-22)27-15-21(5)35-33-27/h12,14-17,20,22,30-31H,7-11,13,18H2,1-6H3. The summed E-state index contributed by atoms with van der Waals surface area (Å²) in [5.74, 6) is 3.19. The van der Waals surface area contributed by atoms with Crippen molar-refractivity contribution in [3.05, 3.63) is 52.3 Å². The number of likely N-dealkylation sites (N-methyl/N-ethyl adjacent to an activating group) is 1. The average Bonchev–Trinajstić information content (AvgIpc) is 3.28. The summed E-state index contributed by atoms with van der Waals surface area (Å²) in [6.45, 7) is 10.9. The number of hydrogen-bond acceptors (Lipinski definition) is 6. The van der Waals surface area contributed by atoms with Crippen LogP contribution in [-0.4, -0.2) is 46.6 Å². The van der Waals surface area contributed by atoms with Crippen LogP contribution in [0.4, 0.5) is 0 Å². The van der Waals surface area contributed by atoms with Crippen molar-refractivity contribution in [1.82, 2.24) is 10.1 Å². The summed E-state index contributed by atoms with van der Waals surface area (Å²) in [5.41, 5.74) is 6.75. The first-order chi connectivity index (χ1) is 17.2. The van der Waals surface area contributed by atoms with Crippen LogP contribution < -0.4 is 0 Å². The number of benzene rings is 1. The van der Waals surface area contributed by atoms with E-state index in [1.165, 1.54) is 24.0 Å². The summed E-state index contributed by atoms with van der Waals surface area (Å²) in [5, 5.41) is 21.8. The van der Waals surface area contributed by atoms with Gasteiger partial charge >= 0.3 is 0 Å². The fourth-order valence-electron chi connectivity index (χ4n) is 4.71. The van der Waals surface area contributed by atoms with Gasteiger partial charge in [0.05, 0.1) is 0 Å². The van der Waals surface area contributed by atoms with Crippen molar-refractivity contribution in [3.8, 4) is 11.3 Å². The zero-order chi connectivity index (χ0) is 26.2. The number of rotatable bonds is 7. The minimum Gasteiger partial charge on any atom is -0.361 e. The second-order valence-electron chi connectivity index (χ2n) is 10.0. The van der Waals surface area contributed by atoms with Crippen molar-refractivity contribution < 1.29 is 4.52 Å². The van der Waals surface area contributed by atoms with Gasteiger partial charge in [0, 0.05) is 42.8 Å². The molecule has 0 saturated carbocycles. The lowest BCUT2D eigenvalue weighted by Gasteiger charge is -2.28. The Morgan fingerprint density at radius 3 is 2.67 bits per heavy atom. The molecule has 1 aliphatic carbocycles. The Morgan fingerprint density at radius 1 is 1.22 bits per heavy atom. The van der Waals surface area contributed by atoms with Gasteiger partial charge in [0.1, 0.15) is 17.3 Å². The fourth-order valence-corrected chi connectivity index (χ4v) is 5.69. The van der Waals surface area contributed by atoms with Crippen molar-refractivity contribution in [1.29, 1.82) is 10.8 Å². The fraction of sp³-hybridized carbons (Fsp3) is 0.517. The van der Waals surface area contributed by atoms with Crippen molar-refractivity contribution in [3.63, 3.8) is 0 Å². The van der Waals surface area contributed by atoms with Gasteiger partial charge in [-0.3, -0.25) is 15.8 Å². The van der Waals surface area contributed by atoms with Gasteiger partial charge in [-0.2, -0.15) is 0 Å². The van der Waals surface area contributed by atoms with Crippen molar-refractivity contribution in [2.45, 2.75) is 66.7 Å². The van der Waals surface area contributed by atoms with Gasteiger partial charge in [-0.15, -0.1) is 0 Å². The van der Waals surface area contributed by atoms with Crippen LogP contribution in [0.15, 0.2) is 44.9 Å². The van der Waals surface area contributed by atoms with E-state index in [0.717, 1.165) is 53.2 Å². The molecule has 2 aromatic rings. The van der Waals surface area contributed by atoms with Gasteiger partial charge in [0.25, 0.3) is 0 Å². The smallest absolute Gasteiger partial charge is 0.161 e. The number of aromatic nitrogens is 1. The van der Waals surface area contributed by atoms with E-state index < -0.39 is 0 Å². The molecule has 3 rings (SSSR count). The topological polar surface area (TPSA) is 89.3 Å². The maximum Gasteiger partial charge on any atom is 0.161 e. The van der Waals surface area contributed by atoms with E-state index in [0.29, 0.717) is 29.4 Å². The normalized spacial score (nSPS) is 16.7. The van der Waals surface area contributed by atoms with Crippen LogP contribution in [0.3, 0.4) is 0 Å². The number of thioether (sulfide) groups is 1. The molecule has 0 radical (unpaired) electrons. The molecule has 0 bridgehead atoms. The summed E-state index contributed by atoms with van der Waals surface area (Å²) in [6, 6.07) is 8.73. The molecule has 2 unspecified atom stereocenters. The van der Waals surface area contributed by atoms with E-state index in [1.54, 1.807) is 22.9 Å². The molecule has 2 N–H and O–H groups in total. The molecular formula is C29H41N5OS. The minimum absolute atomic E-state index is 0.332. The number of hydrogen-bond donors (Lipinski definition) is 2. The highest BCUT2D eigenvalue weighted by atomic mass is 32.2. The highest BCUT2D eigenvalue weighted by Crippen LogP contribution is 2.32. The van der Waals surface area contributed by atoms with Crippen LogP contribution >= 0.6 is 11.8 Å². The molecule has 0 amide bonds. The Hall–Kier alpha value is -2.67. The predicted octanol–water partition coefficient (Wildman–Crippen LogP) is 7.18. The minimum atomic E-state index is 0.332. The molecule has 7 heteroatoms. The van der Waals surface area contributed by atoms with Gasteiger partial charge in [0.15, 0.2) is 5.17 Å². The first-order valence-corrected chi connectivity index (χ1v) is 14.0. The van der Waals surface area contributed by atoms with E-state index in [1.807, 2.05) is 40.8 Å². The molecule has 194 valence electrons. The van der Waals surface area contributed by atoms with Gasteiger partial charge < -0.3 is 9.42 Å². The van der Waals surface area contributed by atoms with Crippen LogP contribution in [0.1, 0.15) is 63.8 Å². The first-order valence-electron chi connectivity index (χ1n) is 13.0. The average molecular weight is 508 g/mol. The molecule has 1 heterocycles. The van der Waals surface area contributed by atoms with Crippen LogP contribution in [0.25, 0.3) is 11.3 Å². The Labute approximate surface area is 220 Å². The Bertz CT molecular complexity index is 1130. The van der Waals surface area contributed by atoms with Gasteiger partial charge in [-0.05, 0) is 88.8 Å². The summed E-state index contributed by atoms with van der Waals surface area (Å²) in [4.78, 5) is 5.98. The second kappa shape index (κ2) is 13.0. The predicted molar refractivity (Wildman–Crippen MR) is 154 cm³/mol. The number of nitrogens with one attached hydrogen (secondary N) is 2. The van der Waals surface area contributed by atoms with Crippen LogP contribution in [0.2, 0.25) is 0 Å². The quantitative estimate of drug-likeness (QED) is 0.307. The van der Waals surface area contributed by atoms with E-state index >= 15 is 0 Å². The number of allylic oxidation sites excluding steroid dienone is 1. The van der Waals surface area contributed by atoms with E-state index in [4.69, 9.17) is 15.3 Å². The van der Waals surface area contributed by atoms with E-state index in [2.05, 4.69) is 35.3 Å². The summed E-state index contributed by atoms with van der Waals surface area (Å²) in [6.07, 6.45) is 7.52. The molecule has 1 aromatic carbocycles. The number of nitrogens with zero attached hydrogens (tertiary/aromatic N) is 3. The number of amidine groups is 2. The van der Waals surface area contributed by atoms with Crippen molar-refractivity contribution >= 4 is 29.0 Å². The van der Waals surface area contributed by atoms with E-state index in [9.17, 15) is 0 Å². The zero-order valence-electron chi connectivity index (χ0n) is 22.6. The van der Waals surface area contributed by atoms with Gasteiger partial charge in [0.2, 0.25) is 0 Å². The Morgan fingerprint density at radius 2 is 2.00 bits per heavy atom. The number of aryl methyl sites for hydroxylation is 3. The van der Waals surface area contributed by atoms with Crippen LogP contribution in [0.5, 0.6) is 0 Å². The van der Waals surface area contributed by atoms with Gasteiger partial charge in [-0.1, -0.05) is 41.5 Å². The molecule has 2 atom stereocenters. The summed E-state index contributed by atoms with van der Waals surface area (Å²) < 4.78 is 5.28. The summed E-state index contributed by atoms with van der Waals surface area (Å²) in [7, 11) is 1.81. The molecule has 36 heavy (non-hydrogen) atoms. The largest absolute Gasteiger partial charge is 0.361 e. The van der Waals surface area contributed by atoms with Crippen LogP contribution in [-0.2, 0) is 12.8 Å². The highest BCUT2D eigenvalue weighted by molar-refractivity contribution is 8.13. The highest BCUT2D eigenvalue weighted by Gasteiger charge is 2.23. The monoisotopic (exact) mass is 507 g/mol. The molecule has 0 spiro atoms. The lowest BCUT2D eigenvalue weighted by Crippen LogP contribution is -2.33. The molecule has 0 aliphatic heterocycles. The summed E-state index contributed by atoms with van der Waals surface area (Å²) >= 11 is 1.55. The molecule has 0 saturated heterocycles. The van der Waals surface area contributed by atoms with Crippen LogP contribution in [0, 0.1) is 29.6 Å². The number of aliphatic imine (C=N–C) groups is 1. The lowest BCUT2D eigenvalue weighted by molar-refractivity contribution is 0.329.